The Labute approximate surface area is 198 Å². The van der Waals surface area contributed by atoms with Gasteiger partial charge in [0.25, 0.3) is 0 Å². The molecule has 1 unspecified atom stereocenters. The van der Waals surface area contributed by atoms with Crippen molar-refractivity contribution >= 4 is 40.7 Å². The van der Waals surface area contributed by atoms with Gasteiger partial charge in [0.15, 0.2) is 5.16 Å². The van der Waals surface area contributed by atoms with Crippen molar-refractivity contribution in [2.45, 2.75) is 48.8 Å². The fraction of sp³-hybridized carbons (Fsp3) is 0.478. The smallest absolute Gasteiger partial charge is 0.227 e. The molecule has 33 heavy (non-hydrogen) atoms. The standard InChI is InChI=1S/C23H30N8OS/c1-2-16-13-20(30-29-16)26-19-14-21(31-11-9-24-10-12-31)28-23(27-19)33-18-7-5-17(6-8-18)25-22(32)15-3-4-15/h5-8,14-15,20,24,30H,2-4,9-13H2,1H3,(H,25,32)(H,26,27,28). The molecule has 1 aromatic carbocycles. The van der Waals surface area contributed by atoms with Gasteiger partial charge in [-0.05, 0) is 55.3 Å². The molecule has 3 aliphatic rings. The van der Waals surface area contributed by atoms with Crippen LogP contribution in [0.3, 0.4) is 0 Å². The molecule has 174 valence electrons. The first-order valence-electron chi connectivity index (χ1n) is 11.7. The first-order chi connectivity index (χ1) is 16.2. The molecule has 10 heteroatoms. The SMILES string of the molecule is CCC1=NNC(Nc2cc(N3CCNCC3)nc(Sc3ccc(NC(=O)C4CC4)cc3)n2)C1. The summed E-state index contributed by atoms with van der Waals surface area (Å²) in [5, 5.41) is 14.9. The number of anilines is 3. The third-order valence-corrected chi connectivity index (χ3v) is 6.83. The number of hydrazone groups is 1. The maximum absolute atomic E-state index is 12.0. The molecule has 1 saturated heterocycles. The number of piperazine rings is 1. The Morgan fingerprint density at radius 1 is 1.18 bits per heavy atom. The van der Waals surface area contributed by atoms with E-state index in [0.717, 1.165) is 79.8 Å². The summed E-state index contributed by atoms with van der Waals surface area (Å²) in [6, 6.07) is 9.90. The molecule has 3 heterocycles. The second-order valence-corrected chi connectivity index (χ2v) is 9.62. The topological polar surface area (TPSA) is 107 Å². The number of nitrogens with one attached hydrogen (secondary N) is 4. The highest BCUT2D eigenvalue weighted by Crippen LogP contribution is 2.32. The van der Waals surface area contributed by atoms with E-state index in [4.69, 9.17) is 9.97 Å². The predicted octanol–water partition coefficient (Wildman–Crippen LogP) is 2.88. The zero-order valence-electron chi connectivity index (χ0n) is 18.8. The molecule has 2 aromatic rings. The summed E-state index contributed by atoms with van der Waals surface area (Å²) >= 11 is 1.52. The zero-order chi connectivity index (χ0) is 22.6. The Bertz CT molecular complexity index is 1020. The van der Waals surface area contributed by atoms with Crippen molar-refractivity contribution in [3.05, 3.63) is 30.3 Å². The van der Waals surface area contributed by atoms with Crippen molar-refractivity contribution in [3.8, 4) is 0 Å². The second kappa shape index (κ2) is 9.96. The minimum atomic E-state index is 0.0398. The minimum absolute atomic E-state index is 0.0398. The summed E-state index contributed by atoms with van der Waals surface area (Å²) < 4.78 is 0. The Balaban J connectivity index is 1.31. The molecule has 1 amide bonds. The number of carbonyl (C=O) groups is 1. The highest BCUT2D eigenvalue weighted by atomic mass is 32.2. The summed E-state index contributed by atoms with van der Waals surface area (Å²) in [6.45, 7) is 5.84. The fourth-order valence-corrected chi connectivity index (χ4v) is 4.64. The Hall–Kier alpha value is -2.85. The number of rotatable bonds is 8. The Kier molecular flexibility index (Phi) is 6.63. The second-order valence-electron chi connectivity index (χ2n) is 8.58. The minimum Gasteiger partial charge on any atom is -0.354 e. The van der Waals surface area contributed by atoms with Gasteiger partial charge in [0.1, 0.15) is 17.8 Å². The quantitative estimate of drug-likeness (QED) is 0.440. The van der Waals surface area contributed by atoms with Gasteiger partial charge in [-0.1, -0.05) is 6.92 Å². The maximum atomic E-state index is 12.0. The maximum Gasteiger partial charge on any atom is 0.227 e. The van der Waals surface area contributed by atoms with Crippen LogP contribution < -0.4 is 26.3 Å². The van der Waals surface area contributed by atoms with Gasteiger partial charge in [-0.25, -0.2) is 9.97 Å². The average molecular weight is 467 g/mol. The van der Waals surface area contributed by atoms with Crippen molar-refractivity contribution in [1.29, 1.82) is 0 Å². The lowest BCUT2D eigenvalue weighted by Crippen LogP contribution is -2.44. The Morgan fingerprint density at radius 3 is 2.67 bits per heavy atom. The van der Waals surface area contributed by atoms with E-state index in [1.807, 2.05) is 30.3 Å². The number of aromatic nitrogens is 2. The highest BCUT2D eigenvalue weighted by molar-refractivity contribution is 7.99. The van der Waals surface area contributed by atoms with Gasteiger partial charge in [0.05, 0.1) is 0 Å². The van der Waals surface area contributed by atoms with Crippen molar-refractivity contribution in [2.75, 3.05) is 41.7 Å². The van der Waals surface area contributed by atoms with Crippen LogP contribution >= 0.6 is 11.8 Å². The largest absolute Gasteiger partial charge is 0.354 e. The number of nitrogens with zero attached hydrogens (tertiary/aromatic N) is 4. The van der Waals surface area contributed by atoms with Crippen LogP contribution in [0.1, 0.15) is 32.6 Å². The van der Waals surface area contributed by atoms with Gasteiger partial charge in [-0.3, -0.25) is 10.2 Å². The predicted molar refractivity (Wildman–Crippen MR) is 132 cm³/mol. The first-order valence-corrected chi connectivity index (χ1v) is 12.5. The molecule has 0 spiro atoms. The van der Waals surface area contributed by atoms with E-state index in [1.54, 1.807) is 0 Å². The van der Waals surface area contributed by atoms with Crippen molar-refractivity contribution in [3.63, 3.8) is 0 Å². The van der Waals surface area contributed by atoms with Gasteiger partial charge in [-0.15, -0.1) is 0 Å². The van der Waals surface area contributed by atoms with Gasteiger partial charge < -0.3 is 20.9 Å². The molecule has 1 atom stereocenters. The zero-order valence-corrected chi connectivity index (χ0v) is 19.6. The van der Waals surface area contributed by atoms with E-state index < -0.39 is 0 Å². The van der Waals surface area contributed by atoms with Crippen LogP contribution in [0.5, 0.6) is 0 Å². The normalized spacial score (nSPS) is 20.2. The third-order valence-electron chi connectivity index (χ3n) is 5.96. The van der Waals surface area contributed by atoms with Crippen LogP contribution in [0.15, 0.2) is 45.5 Å². The summed E-state index contributed by atoms with van der Waals surface area (Å²) in [6.07, 6.45) is 3.84. The molecule has 2 fully saturated rings. The molecule has 1 aromatic heterocycles. The van der Waals surface area contributed by atoms with Gasteiger partial charge in [0.2, 0.25) is 5.91 Å². The van der Waals surface area contributed by atoms with Crippen LogP contribution in [-0.4, -0.2) is 53.9 Å². The Morgan fingerprint density at radius 2 is 1.97 bits per heavy atom. The van der Waals surface area contributed by atoms with Crippen molar-refractivity contribution < 1.29 is 4.79 Å². The highest BCUT2D eigenvalue weighted by Gasteiger charge is 2.29. The third kappa shape index (κ3) is 5.75. The first kappa shape index (κ1) is 22.0. The summed E-state index contributed by atoms with van der Waals surface area (Å²) in [5.41, 5.74) is 5.15. The van der Waals surface area contributed by atoms with E-state index in [9.17, 15) is 4.79 Å². The number of amides is 1. The number of hydrogen-bond acceptors (Lipinski definition) is 9. The van der Waals surface area contributed by atoms with Crippen LogP contribution in [-0.2, 0) is 4.79 Å². The number of carbonyl (C=O) groups excluding carboxylic acids is 1. The van der Waals surface area contributed by atoms with E-state index in [-0.39, 0.29) is 18.0 Å². The molecular formula is C23H30N8OS. The fourth-order valence-electron chi connectivity index (χ4n) is 3.87. The van der Waals surface area contributed by atoms with Crippen LogP contribution in [0.2, 0.25) is 0 Å². The summed E-state index contributed by atoms with van der Waals surface area (Å²) in [5.74, 6) is 2.03. The van der Waals surface area contributed by atoms with Gasteiger partial charge >= 0.3 is 0 Å². The van der Waals surface area contributed by atoms with Crippen LogP contribution in [0.25, 0.3) is 0 Å². The summed E-state index contributed by atoms with van der Waals surface area (Å²) in [4.78, 5) is 24.9. The number of hydrogen-bond donors (Lipinski definition) is 4. The molecule has 1 saturated carbocycles. The molecule has 0 radical (unpaired) electrons. The molecule has 4 N–H and O–H groups in total. The molecule has 2 aliphatic heterocycles. The monoisotopic (exact) mass is 466 g/mol. The van der Waals surface area contributed by atoms with E-state index in [2.05, 4.69) is 38.3 Å². The molecule has 1 aliphatic carbocycles. The lowest BCUT2D eigenvalue weighted by molar-refractivity contribution is -0.117. The van der Waals surface area contributed by atoms with Gasteiger partial charge in [-0.2, -0.15) is 5.10 Å². The van der Waals surface area contributed by atoms with Crippen LogP contribution in [0.4, 0.5) is 17.3 Å². The van der Waals surface area contributed by atoms with Gasteiger partial charge in [0, 0.05) is 60.9 Å². The average Bonchev–Trinajstić information content (AvgIpc) is 3.60. The van der Waals surface area contributed by atoms with E-state index in [0.29, 0.717) is 5.16 Å². The lowest BCUT2D eigenvalue weighted by Gasteiger charge is -2.29. The van der Waals surface area contributed by atoms with Crippen molar-refractivity contribution in [2.24, 2.45) is 11.0 Å². The van der Waals surface area contributed by atoms with E-state index >= 15 is 0 Å². The lowest BCUT2D eigenvalue weighted by atomic mass is 10.2. The van der Waals surface area contributed by atoms with Crippen molar-refractivity contribution in [1.82, 2.24) is 20.7 Å². The van der Waals surface area contributed by atoms with E-state index in [1.165, 1.54) is 11.8 Å². The van der Waals surface area contributed by atoms with Crippen LogP contribution in [0, 0.1) is 5.92 Å². The molecule has 5 rings (SSSR count). The molecule has 9 nitrogen and oxygen atoms in total. The number of benzene rings is 1. The summed E-state index contributed by atoms with van der Waals surface area (Å²) in [7, 11) is 0. The molecular weight excluding hydrogens is 436 g/mol. The molecule has 0 bridgehead atoms.